The largest absolute Gasteiger partial charge is 0.347 e. The Balaban J connectivity index is 1.44. The van der Waals surface area contributed by atoms with Gasteiger partial charge in [0.15, 0.2) is 11.6 Å². The number of benzene rings is 2. The topological polar surface area (TPSA) is 38.8 Å². The normalized spacial score (nSPS) is 19.4. The molecular weight excluding hydrogens is 358 g/mol. The summed E-state index contributed by atoms with van der Waals surface area (Å²) in [7, 11) is 0. The van der Waals surface area contributed by atoms with E-state index in [1.807, 2.05) is 48.7 Å². The van der Waals surface area contributed by atoms with Gasteiger partial charge in [0.1, 0.15) is 0 Å². The highest BCUT2D eigenvalue weighted by Crippen LogP contribution is 2.32. The van der Waals surface area contributed by atoms with Gasteiger partial charge in [0.2, 0.25) is 0 Å². The molecule has 0 aromatic heterocycles. The highest BCUT2D eigenvalue weighted by Gasteiger charge is 2.39. The summed E-state index contributed by atoms with van der Waals surface area (Å²) in [5.41, 5.74) is 2.70. The summed E-state index contributed by atoms with van der Waals surface area (Å²) in [4.78, 5) is 16.4. The number of piperidine rings is 1. The molecule has 4 nitrogen and oxygen atoms in total. The Morgan fingerprint density at radius 3 is 2.56 bits per heavy atom. The van der Waals surface area contributed by atoms with Crippen LogP contribution in [0.4, 0.5) is 0 Å². The number of hydrogen-bond donors (Lipinski definition) is 0. The molecule has 1 spiro atoms. The van der Waals surface area contributed by atoms with Crippen molar-refractivity contribution in [2.24, 2.45) is 0 Å². The Kier molecular flexibility index (Phi) is 5.64. The first-order valence-electron chi connectivity index (χ1n) is 9.46. The molecule has 2 saturated heterocycles. The van der Waals surface area contributed by atoms with Gasteiger partial charge in [-0.15, -0.1) is 11.8 Å². The molecule has 0 aliphatic carbocycles. The number of hydrogen-bond acceptors (Lipinski definition) is 5. The Morgan fingerprint density at radius 2 is 1.81 bits per heavy atom. The van der Waals surface area contributed by atoms with Crippen molar-refractivity contribution in [2.45, 2.75) is 30.1 Å². The predicted molar refractivity (Wildman–Crippen MR) is 107 cm³/mol. The van der Waals surface area contributed by atoms with Crippen LogP contribution >= 0.6 is 11.8 Å². The minimum Gasteiger partial charge on any atom is -0.347 e. The fourth-order valence-corrected chi connectivity index (χ4v) is 4.49. The third kappa shape index (κ3) is 4.11. The maximum Gasteiger partial charge on any atom is 0.194 e. The SMILES string of the molecule is CSc1ccccc1C(=O)c1cccc(CN2CCC3(CC2)OCCO3)c1. The van der Waals surface area contributed by atoms with E-state index in [1.165, 1.54) is 5.56 Å². The van der Waals surface area contributed by atoms with Crippen LogP contribution in [0.5, 0.6) is 0 Å². The number of nitrogens with zero attached hydrogens (tertiary/aromatic N) is 1. The summed E-state index contributed by atoms with van der Waals surface area (Å²) in [6.07, 6.45) is 3.82. The van der Waals surface area contributed by atoms with Gasteiger partial charge in [-0.2, -0.15) is 0 Å². The fourth-order valence-electron chi connectivity index (χ4n) is 3.89. The van der Waals surface area contributed by atoms with E-state index in [1.54, 1.807) is 11.8 Å². The summed E-state index contributed by atoms with van der Waals surface area (Å²) >= 11 is 1.61. The average molecular weight is 384 g/mol. The molecular formula is C22H25NO3S. The number of ether oxygens (including phenoxy) is 2. The zero-order chi connectivity index (χ0) is 18.7. The molecule has 2 heterocycles. The number of carbonyl (C=O) groups is 1. The summed E-state index contributed by atoms with van der Waals surface area (Å²) < 4.78 is 11.6. The molecule has 27 heavy (non-hydrogen) atoms. The van der Waals surface area contributed by atoms with Crippen molar-refractivity contribution >= 4 is 17.5 Å². The van der Waals surface area contributed by atoms with Gasteiger partial charge in [-0.25, -0.2) is 0 Å². The molecule has 0 radical (unpaired) electrons. The average Bonchev–Trinajstić information content (AvgIpc) is 3.18. The minimum absolute atomic E-state index is 0.0900. The Morgan fingerprint density at radius 1 is 1.07 bits per heavy atom. The van der Waals surface area contributed by atoms with Crippen LogP contribution in [0.3, 0.4) is 0 Å². The lowest BCUT2D eigenvalue weighted by Gasteiger charge is -2.37. The molecule has 0 saturated carbocycles. The van der Waals surface area contributed by atoms with Gasteiger partial charge in [-0.3, -0.25) is 9.69 Å². The molecule has 2 aliphatic heterocycles. The molecule has 0 bridgehead atoms. The first kappa shape index (κ1) is 18.7. The van der Waals surface area contributed by atoms with E-state index in [0.717, 1.165) is 48.5 Å². The monoisotopic (exact) mass is 383 g/mol. The molecule has 142 valence electrons. The van der Waals surface area contributed by atoms with Gasteiger partial charge in [0, 0.05) is 48.5 Å². The number of likely N-dealkylation sites (tertiary alicyclic amines) is 1. The third-order valence-corrected chi connectivity index (χ3v) is 6.17. The summed E-state index contributed by atoms with van der Waals surface area (Å²) in [6.45, 7) is 4.17. The van der Waals surface area contributed by atoms with Gasteiger partial charge >= 0.3 is 0 Å². The van der Waals surface area contributed by atoms with Gasteiger partial charge in [0.25, 0.3) is 0 Å². The van der Waals surface area contributed by atoms with Crippen LogP contribution in [0.2, 0.25) is 0 Å². The number of carbonyl (C=O) groups excluding carboxylic acids is 1. The van der Waals surface area contributed by atoms with E-state index in [2.05, 4.69) is 11.0 Å². The van der Waals surface area contributed by atoms with Gasteiger partial charge in [0.05, 0.1) is 13.2 Å². The molecule has 2 fully saturated rings. The maximum absolute atomic E-state index is 13.0. The van der Waals surface area contributed by atoms with Crippen LogP contribution in [-0.4, -0.2) is 49.0 Å². The third-order valence-electron chi connectivity index (χ3n) is 5.38. The molecule has 0 atom stereocenters. The van der Waals surface area contributed by atoms with Crippen molar-refractivity contribution in [1.82, 2.24) is 4.90 Å². The lowest BCUT2D eigenvalue weighted by Crippen LogP contribution is -2.44. The Bertz CT molecular complexity index is 807. The lowest BCUT2D eigenvalue weighted by molar-refractivity contribution is -0.185. The van der Waals surface area contributed by atoms with Crippen LogP contribution in [-0.2, 0) is 16.0 Å². The number of rotatable bonds is 5. The van der Waals surface area contributed by atoms with E-state index < -0.39 is 0 Å². The second kappa shape index (κ2) is 8.15. The van der Waals surface area contributed by atoms with Crippen molar-refractivity contribution in [1.29, 1.82) is 0 Å². The lowest BCUT2D eigenvalue weighted by atomic mass is 10.00. The van der Waals surface area contributed by atoms with Gasteiger partial charge in [-0.05, 0) is 30.0 Å². The highest BCUT2D eigenvalue weighted by atomic mass is 32.2. The Hall–Kier alpha value is -1.66. The molecule has 4 rings (SSSR count). The minimum atomic E-state index is -0.337. The summed E-state index contributed by atoms with van der Waals surface area (Å²) in [5, 5.41) is 0. The number of ketones is 1. The van der Waals surface area contributed by atoms with Crippen molar-refractivity contribution in [3.8, 4) is 0 Å². The second-order valence-corrected chi connectivity index (χ2v) is 7.96. The fraction of sp³-hybridized carbons (Fsp3) is 0.409. The van der Waals surface area contributed by atoms with Crippen molar-refractivity contribution in [3.05, 3.63) is 65.2 Å². The predicted octanol–water partition coefficient (Wildman–Crippen LogP) is 3.98. The van der Waals surface area contributed by atoms with Gasteiger partial charge in [-0.1, -0.05) is 30.3 Å². The maximum atomic E-state index is 13.0. The second-order valence-electron chi connectivity index (χ2n) is 7.11. The van der Waals surface area contributed by atoms with E-state index in [9.17, 15) is 4.79 Å². The zero-order valence-electron chi connectivity index (χ0n) is 15.6. The number of thioether (sulfide) groups is 1. The highest BCUT2D eigenvalue weighted by molar-refractivity contribution is 7.98. The van der Waals surface area contributed by atoms with E-state index in [4.69, 9.17) is 9.47 Å². The van der Waals surface area contributed by atoms with Gasteiger partial charge < -0.3 is 9.47 Å². The molecule has 2 aromatic rings. The quantitative estimate of drug-likeness (QED) is 0.577. The molecule has 2 aliphatic rings. The van der Waals surface area contributed by atoms with E-state index >= 15 is 0 Å². The first-order chi connectivity index (χ1) is 13.2. The van der Waals surface area contributed by atoms with Crippen LogP contribution in [0, 0.1) is 0 Å². The molecule has 0 amide bonds. The first-order valence-corrected chi connectivity index (χ1v) is 10.7. The van der Waals surface area contributed by atoms with E-state index in [-0.39, 0.29) is 11.6 Å². The van der Waals surface area contributed by atoms with Crippen LogP contribution in [0.25, 0.3) is 0 Å². The molecule has 0 unspecified atom stereocenters. The van der Waals surface area contributed by atoms with Crippen molar-refractivity contribution < 1.29 is 14.3 Å². The molecule has 5 heteroatoms. The van der Waals surface area contributed by atoms with Crippen LogP contribution in [0.1, 0.15) is 34.3 Å². The van der Waals surface area contributed by atoms with Crippen molar-refractivity contribution in [3.63, 3.8) is 0 Å². The Labute approximate surface area is 164 Å². The zero-order valence-corrected chi connectivity index (χ0v) is 16.5. The van der Waals surface area contributed by atoms with E-state index in [0.29, 0.717) is 13.2 Å². The summed E-state index contributed by atoms with van der Waals surface area (Å²) in [5.74, 6) is -0.248. The molecule has 2 aromatic carbocycles. The van der Waals surface area contributed by atoms with Crippen molar-refractivity contribution in [2.75, 3.05) is 32.6 Å². The standard InChI is InChI=1S/C22H25NO3S/c1-27-20-8-3-2-7-19(20)21(24)18-6-4-5-17(15-18)16-23-11-9-22(10-12-23)25-13-14-26-22/h2-8,15H,9-14,16H2,1H3. The van der Waals surface area contributed by atoms with Crippen LogP contribution in [0.15, 0.2) is 53.4 Å². The van der Waals surface area contributed by atoms with Crippen LogP contribution < -0.4 is 0 Å². The molecule has 0 N–H and O–H groups in total. The smallest absolute Gasteiger partial charge is 0.194 e. The summed E-state index contributed by atoms with van der Waals surface area (Å²) in [6, 6.07) is 15.8.